The van der Waals surface area contributed by atoms with Crippen molar-refractivity contribution in [3.8, 4) is 0 Å². The molecule has 0 spiro atoms. The zero-order valence-electron chi connectivity index (χ0n) is 6.00. The van der Waals surface area contributed by atoms with Gasteiger partial charge in [0.2, 0.25) is 0 Å². The van der Waals surface area contributed by atoms with Gasteiger partial charge < -0.3 is 5.73 Å². The first-order chi connectivity index (χ1) is 4.77. The molecule has 1 aliphatic carbocycles. The van der Waals surface area contributed by atoms with Crippen molar-refractivity contribution in [2.75, 3.05) is 0 Å². The van der Waals surface area contributed by atoms with Crippen molar-refractivity contribution < 1.29 is 0 Å². The average Bonchev–Trinajstić information content (AvgIpc) is 2.42. The highest BCUT2D eigenvalue weighted by Crippen LogP contribution is 2.41. The summed E-state index contributed by atoms with van der Waals surface area (Å²) >= 11 is 1.88. The Labute approximate surface area is 64.9 Å². The fraction of sp³-hybridized carbons (Fsp3) is 0.500. The Kier molecular flexibility index (Phi) is 1.32. The zero-order valence-corrected chi connectivity index (χ0v) is 6.82. The SMILES string of the molecule is Cc1ccc([C@H]2C[C@H]2N)s1. The maximum Gasteiger partial charge on any atom is 0.0123 e. The minimum absolute atomic E-state index is 0.457. The molecular weight excluding hydrogens is 142 g/mol. The lowest BCUT2D eigenvalue weighted by Gasteiger charge is -1.87. The summed E-state index contributed by atoms with van der Waals surface area (Å²) in [7, 11) is 0. The number of nitrogens with two attached hydrogens (primary N) is 1. The van der Waals surface area contributed by atoms with Crippen LogP contribution < -0.4 is 5.73 Å². The van der Waals surface area contributed by atoms with E-state index >= 15 is 0 Å². The van der Waals surface area contributed by atoms with Gasteiger partial charge in [-0.15, -0.1) is 11.3 Å². The minimum atomic E-state index is 0.457. The summed E-state index contributed by atoms with van der Waals surface area (Å²) in [5.41, 5.74) is 5.71. The van der Waals surface area contributed by atoms with Crippen molar-refractivity contribution in [1.29, 1.82) is 0 Å². The molecule has 1 saturated carbocycles. The van der Waals surface area contributed by atoms with Crippen LogP contribution in [0.4, 0.5) is 0 Å². The maximum absolute atomic E-state index is 5.71. The van der Waals surface area contributed by atoms with Crippen molar-refractivity contribution >= 4 is 11.3 Å². The van der Waals surface area contributed by atoms with Crippen molar-refractivity contribution in [3.63, 3.8) is 0 Å². The van der Waals surface area contributed by atoms with Gasteiger partial charge in [0.1, 0.15) is 0 Å². The quantitative estimate of drug-likeness (QED) is 0.655. The molecule has 0 aliphatic heterocycles. The van der Waals surface area contributed by atoms with Crippen LogP contribution in [0.1, 0.15) is 22.1 Å². The van der Waals surface area contributed by atoms with Gasteiger partial charge in [0.15, 0.2) is 0 Å². The van der Waals surface area contributed by atoms with Crippen LogP contribution >= 0.6 is 11.3 Å². The summed E-state index contributed by atoms with van der Waals surface area (Å²) in [5.74, 6) is 0.693. The highest BCUT2D eigenvalue weighted by molar-refractivity contribution is 7.12. The molecule has 2 rings (SSSR count). The fourth-order valence-corrected chi connectivity index (χ4v) is 2.26. The predicted octanol–water partition coefficient (Wildman–Crippen LogP) is 1.87. The molecular formula is C8H11NS. The molecule has 10 heavy (non-hydrogen) atoms. The molecule has 0 unspecified atom stereocenters. The second-order valence-electron chi connectivity index (χ2n) is 2.95. The normalized spacial score (nSPS) is 30.6. The summed E-state index contributed by atoms with van der Waals surface area (Å²) in [5, 5.41) is 0. The molecule has 2 N–H and O–H groups in total. The van der Waals surface area contributed by atoms with Gasteiger partial charge in [-0.3, -0.25) is 0 Å². The van der Waals surface area contributed by atoms with E-state index in [9.17, 15) is 0 Å². The predicted molar refractivity (Wildman–Crippen MR) is 44.4 cm³/mol. The standard InChI is InChI=1S/C8H11NS/c1-5-2-3-8(10-5)6-4-7(6)9/h2-3,6-7H,4,9H2,1H3/t6-,7+/m0/s1. The summed E-state index contributed by atoms with van der Waals surface area (Å²) in [4.78, 5) is 2.87. The Bertz CT molecular complexity index is 241. The van der Waals surface area contributed by atoms with E-state index in [2.05, 4.69) is 19.1 Å². The Morgan fingerprint density at radius 1 is 1.60 bits per heavy atom. The number of hydrogen-bond acceptors (Lipinski definition) is 2. The number of hydrogen-bond donors (Lipinski definition) is 1. The smallest absolute Gasteiger partial charge is 0.0123 e. The van der Waals surface area contributed by atoms with Crippen molar-refractivity contribution in [2.24, 2.45) is 5.73 Å². The van der Waals surface area contributed by atoms with Gasteiger partial charge in [-0.25, -0.2) is 0 Å². The lowest BCUT2D eigenvalue weighted by molar-refractivity contribution is 1.01. The lowest BCUT2D eigenvalue weighted by atomic mass is 10.3. The first-order valence-electron chi connectivity index (χ1n) is 3.59. The lowest BCUT2D eigenvalue weighted by Crippen LogP contribution is -1.99. The molecule has 1 aromatic rings. The van der Waals surface area contributed by atoms with Crippen molar-refractivity contribution in [1.82, 2.24) is 0 Å². The Hall–Kier alpha value is -0.340. The molecule has 2 atom stereocenters. The minimum Gasteiger partial charge on any atom is -0.327 e. The third-order valence-corrected chi connectivity index (χ3v) is 3.10. The van der Waals surface area contributed by atoms with Gasteiger partial charge in [-0.1, -0.05) is 0 Å². The second kappa shape index (κ2) is 2.07. The van der Waals surface area contributed by atoms with Crippen LogP contribution in [-0.2, 0) is 0 Å². The van der Waals surface area contributed by atoms with Crippen LogP contribution in [0.25, 0.3) is 0 Å². The highest BCUT2D eigenvalue weighted by atomic mass is 32.1. The molecule has 0 aromatic carbocycles. The van der Waals surface area contributed by atoms with Crippen LogP contribution in [-0.4, -0.2) is 6.04 Å². The first kappa shape index (κ1) is 6.38. The maximum atomic E-state index is 5.71. The van der Waals surface area contributed by atoms with E-state index in [-0.39, 0.29) is 0 Å². The zero-order chi connectivity index (χ0) is 7.14. The van der Waals surface area contributed by atoms with Crippen molar-refractivity contribution in [3.05, 3.63) is 21.9 Å². The van der Waals surface area contributed by atoms with Crippen LogP contribution in [0.5, 0.6) is 0 Å². The van der Waals surface area contributed by atoms with E-state index in [4.69, 9.17) is 5.73 Å². The van der Waals surface area contributed by atoms with Crippen LogP contribution in [0.2, 0.25) is 0 Å². The van der Waals surface area contributed by atoms with Crippen molar-refractivity contribution in [2.45, 2.75) is 25.3 Å². The molecule has 0 bridgehead atoms. The molecule has 1 aliphatic rings. The molecule has 1 nitrogen and oxygen atoms in total. The summed E-state index contributed by atoms with van der Waals surface area (Å²) in [6.45, 7) is 2.14. The van der Waals surface area contributed by atoms with E-state index in [0.717, 1.165) is 0 Å². The first-order valence-corrected chi connectivity index (χ1v) is 4.41. The third-order valence-electron chi connectivity index (χ3n) is 1.97. The van der Waals surface area contributed by atoms with Gasteiger partial charge in [0.25, 0.3) is 0 Å². The van der Waals surface area contributed by atoms with Gasteiger partial charge in [0.05, 0.1) is 0 Å². The van der Waals surface area contributed by atoms with E-state index in [1.54, 1.807) is 0 Å². The molecule has 1 heterocycles. The van der Waals surface area contributed by atoms with E-state index in [0.29, 0.717) is 12.0 Å². The summed E-state index contributed by atoms with van der Waals surface area (Å²) in [6.07, 6.45) is 1.19. The molecule has 0 radical (unpaired) electrons. The Morgan fingerprint density at radius 3 is 2.70 bits per heavy atom. The topological polar surface area (TPSA) is 26.0 Å². The van der Waals surface area contributed by atoms with Crippen LogP contribution in [0, 0.1) is 6.92 Å². The molecule has 1 fully saturated rings. The largest absolute Gasteiger partial charge is 0.327 e. The van der Waals surface area contributed by atoms with Gasteiger partial charge in [0, 0.05) is 21.7 Å². The Morgan fingerprint density at radius 2 is 2.30 bits per heavy atom. The highest BCUT2D eigenvalue weighted by Gasteiger charge is 2.35. The average molecular weight is 153 g/mol. The molecule has 0 amide bonds. The van der Waals surface area contributed by atoms with Crippen LogP contribution in [0.3, 0.4) is 0 Å². The summed E-state index contributed by atoms with van der Waals surface area (Å²) in [6, 6.07) is 4.83. The number of rotatable bonds is 1. The molecule has 0 saturated heterocycles. The molecule has 1 aromatic heterocycles. The number of thiophene rings is 1. The summed E-state index contributed by atoms with van der Waals surface area (Å²) < 4.78 is 0. The van der Waals surface area contributed by atoms with Crippen LogP contribution in [0.15, 0.2) is 12.1 Å². The van der Waals surface area contributed by atoms with Gasteiger partial charge >= 0.3 is 0 Å². The Balaban J connectivity index is 2.20. The van der Waals surface area contributed by atoms with E-state index in [1.165, 1.54) is 16.2 Å². The van der Waals surface area contributed by atoms with E-state index < -0.39 is 0 Å². The molecule has 54 valence electrons. The second-order valence-corrected chi connectivity index (χ2v) is 4.27. The molecule has 2 heteroatoms. The number of aryl methyl sites for hydroxylation is 1. The monoisotopic (exact) mass is 153 g/mol. The third kappa shape index (κ3) is 0.976. The van der Waals surface area contributed by atoms with Gasteiger partial charge in [-0.2, -0.15) is 0 Å². The van der Waals surface area contributed by atoms with E-state index in [1.807, 2.05) is 11.3 Å². The fourth-order valence-electron chi connectivity index (χ4n) is 1.19. The van der Waals surface area contributed by atoms with Gasteiger partial charge in [-0.05, 0) is 25.5 Å².